The van der Waals surface area contributed by atoms with Crippen molar-refractivity contribution in [3.63, 3.8) is 0 Å². The van der Waals surface area contributed by atoms with Gasteiger partial charge in [-0.3, -0.25) is 14.2 Å². The molecular formula is C28H25F2N7O5+. The first-order valence-corrected chi connectivity index (χ1v) is 13.2. The quantitative estimate of drug-likeness (QED) is 0.279. The Morgan fingerprint density at radius 3 is 2.69 bits per heavy atom. The maximum Gasteiger partial charge on any atom is 0.337 e. The van der Waals surface area contributed by atoms with Gasteiger partial charge in [0, 0.05) is 24.4 Å². The van der Waals surface area contributed by atoms with Gasteiger partial charge in [0.05, 0.1) is 29.9 Å². The van der Waals surface area contributed by atoms with E-state index >= 15 is 0 Å². The minimum Gasteiger partial charge on any atom is -0.465 e. The first-order chi connectivity index (χ1) is 20.2. The molecule has 14 heteroatoms. The van der Waals surface area contributed by atoms with Crippen molar-refractivity contribution in [3.05, 3.63) is 92.9 Å². The maximum absolute atomic E-state index is 14.2. The lowest BCUT2D eigenvalue weighted by molar-refractivity contribution is -0.118. The van der Waals surface area contributed by atoms with E-state index in [1.807, 2.05) is 0 Å². The second-order valence-corrected chi connectivity index (χ2v) is 10.1. The molecule has 1 saturated carbocycles. The third kappa shape index (κ3) is 4.89. The molecular weight excluding hydrogens is 552 g/mol. The van der Waals surface area contributed by atoms with Crippen molar-refractivity contribution in [3.8, 4) is 5.69 Å². The zero-order valence-electron chi connectivity index (χ0n) is 22.4. The maximum atomic E-state index is 14.2. The number of hydrogen-bond donors (Lipinski definition) is 1. The summed E-state index contributed by atoms with van der Waals surface area (Å²) in [5.74, 6) is -1.29. The molecule has 0 atom stereocenters. The van der Waals surface area contributed by atoms with Crippen LogP contribution in [0.1, 0.15) is 42.1 Å². The van der Waals surface area contributed by atoms with E-state index in [0.717, 1.165) is 16.8 Å². The van der Waals surface area contributed by atoms with Crippen LogP contribution in [0.2, 0.25) is 0 Å². The number of amidine groups is 1. The monoisotopic (exact) mass is 577 g/mol. The lowest BCUT2D eigenvalue weighted by Crippen LogP contribution is -2.45. The molecule has 0 unspecified atom stereocenters. The van der Waals surface area contributed by atoms with E-state index in [1.165, 1.54) is 47.2 Å². The number of esters is 1. The van der Waals surface area contributed by atoms with Crippen LogP contribution in [0.15, 0.2) is 75.3 Å². The minimum absolute atomic E-state index is 0.0425. The highest BCUT2D eigenvalue weighted by atomic mass is 19.2. The van der Waals surface area contributed by atoms with Gasteiger partial charge in [-0.1, -0.05) is 15.4 Å². The van der Waals surface area contributed by atoms with Crippen LogP contribution in [0.4, 0.5) is 8.87 Å². The molecule has 1 amide bonds. The zero-order valence-corrected chi connectivity index (χ0v) is 22.4. The van der Waals surface area contributed by atoms with Crippen LogP contribution in [-0.2, 0) is 9.53 Å². The van der Waals surface area contributed by atoms with Crippen LogP contribution in [0.25, 0.3) is 16.7 Å². The molecule has 1 aromatic carbocycles. The second-order valence-electron chi connectivity index (χ2n) is 10.1. The molecule has 0 saturated heterocycles. The summed E-state index contributed by atoms with van der Waals surface area (Å²) in [4.78, 5) is 62.2. The minimum atomic E-state index is -0.734. The molecule has 1 N–H and O–H groups in total. The summed E-state index contributed by atoms with van der Waals surface area (Å²) in [6.45, 7) is -0.0678. The predicted octanol–water partition coefficient (Wildman–Crippen LogP) is 2.14. The van der Waals surface area contributed by atoms with Gasteiger partial charge in [-0.2, -0.15) is 10.1 Å². The number of amides is 1. The number of carbonyl (C=O) groups excluding carboxylic acids is 2. The second kappa shape index (κ2) is 10.8. The first-order valence-electron chi connectivity index (χ1n) is 13.2. The van der Waals surface area contributed by atoms with Crippen molar-refractivity contribution in [1.82, 2.24) is 29.5 Å². The molecule has 1 radical (unpaired) electrons. The van der Waals surface area contributed by atoms with Crippen molar-refractivity contribution < 1.29 is 23.2 Å². The molecule has 1 fully saturated rings. The summed E-state index contributed by atoms with van der Waals surface area (Å²) in [5.41, 5.74) is -0.797. The zero-order chi connectivity index (χ0) is 29.5. The molecule has 3 aromatic rings. The van der Waals surface area contributed by atoms with Crippen LogP contribution < -0.4 is 21.5 Å². The number of benzene rings is 1. The van der Waals surface area contributed by atoms with Crippen molar-refractivity contribution in [1.29, 1.82) is 0 Å². The van der Waals surface area contributed by atoms with E-state index in [1.54, 1.807) is 12.1 Å². The predicted molar refractivity (Wildman–Crippen MR) is 147 cm³/mol. The van der Waals surface area contributed by atoms with Crippen molar-refractivity contribution >= 4 is 28.7 Å². The molecule has 12 nitrogen and oxygen atoms in total. The fourth-order valence-electron chi connectivity index (χ4n) is 5.49. The molecule has 2 aromatic heterocycles. The normalized spacial score (nSPS) is 20.2. The lowest BCUT2D eigenvalue weighted by atomic mass is 9.90. The van der Waals surface area contributed by atoms with Gasteiger partial charge in [0.25, 0.3) is 17.3 Å². The van der Waals surface area contributed by atoms with Gasteiger partial charge >= 0.3 is 11.7 Å². The number of fused-ring (bicyclic) bond motifs is 2. The van der Waals surface area contributed by atoms with Gasteiger partial charge in [0.15, 0.2) is 17.5 Å². The van der Waals surface area contributed by atoms with Crippen LogP contribution in [0.3, 0.4) is 0 Å². The Balaban J connectivity index is 1.27. The van der Waals surface area contributed by atoms with Crippen LogP contribution >= 0.6 is 0 Å². The fraction of sp³-hybridized carbons (Fsp3) is 0.286. The lowest BCUT2D eigenvalue weighted by Gasteiger charge is -2.30. The van der Waals surface area contributed by atoms with E-state index in [-0.39, 0.29) is 40.7 Å². The summed E-state index contributed by atoms with van der Waals surface area (Å²) in [6, 6.07) is 6.37. The van der Waals surface area contributed by atoms with E-state index in [9.17, 15) is 28.0 Å². The Bertz CT molecular complexity index is 1820. The number of methoxy groups -OCH3 is 1. The van der Waals surface area contributed by atoms with E-state index in [4.69, 9.17) is 4.74 Å². The van der Waals surface area contributed by atoms with Crippen LogP contribution in [0.5, 0.6) is 0 Å². The molecule has 3 aliphatic rings. The number of nitrogens with zero attached hydrogens (tertiary/aromatic N) is 6. The number of rotatable bonds is 5. The molecule has 42 heavy (non-hydrogen) atoms. The smallest absolute Gasteiger partial charge is 0.337 e. The number of carbonyl (C=O) groups is 2. The average Bonchev–Trinajstić information content (AvgIpc) is 3.42. The van der Waals surface area contributed by atoms with E-state index < -0.39 is 35.0 Å². The SMILES string of the molecule is COC(=O)c1cccc(-n2c(=O)n(C3CCC(NC(=O)C4=C[N+]5CN(F)C=CC5=N4)CC3)c(=O)c3cc(F)cnc32)c1. The molecule has 6 rings (SSSR count). The Labute approximate surface area is 236 Å². The summed E-state index contributed by atoms with van der Waals surface area (Å²) in [6.07, 6.45) is 6.79. The molecule has 215 valence electrons. The number of hydrogen-bond acceptors (Lipinski definition) is 9. The van der Waals surface area contributed by atoms with Gasteiger partial charge in [-0.05, 0) is 49.9 Å². The molecule has 2 aliphatic heterocycles. The highest BCUT2D eigenvalue weighted by molar-refractivity contribution is 6.05. The van der Waals surface area contributed by atoms with Gasteiger partial charge in [0.1, 0.15) is 5.82 Å². The molecule has 0 spiro atoms. The fourth-order valence-corrected chi connectivity index (χ4v) is 5.49. The Kier molecular flexibility index (Phi) is 6.98. The Morgan fingerprint density at radius 2 is 1.93 bits per heavy atom. The third-order valence-corrected chi connectivity index (χ3v) is 7.53. The summed E-state index contributed by atoms with van der Waals surface area (Å²) in [7, 11) is 1.24. The van der Waals surface area contributed by atoms with Gasteiger partial charge < -0.3 is 10.1 Å². The van der Waals surface area contributed by atoms with Crippen LogP contribution in [-0.4, -0.2) is 56.8 Å². The van der Waals surface area contributed by atoms with Crippen molar-refractivity contribution in [2.45, 2.75) is 37.8 Å². The number of nitrogens with one attached hydrogen (secondary N) is 1. The number of halogens is 2. The van der Waals surface area contributed by atoms with Gasteiger partial charge in [-0.25, -0.2) is 23.5 Å². The number of aromatic nitrogens is 3. The summed E-state index contributed by atoms with van der Waals surface area (Å²) < 4.78 is 34.8. The Hall–Kier alpha value is -4.98. The van der Waals surface area contributed by atoms with Crippen molar-refractivity contribution in [2.24, 2.45) is 4.99 Å². The third-order valence-electron chi connectivity index (χ3n) is 7.53. The highest BCUT2D eigenvalue weighted by Gasteiger charge is 2.36. The average molecular weight is 578 g/mol. The first kappa shape index (κ1) is 27.2. The standard InChI is InChI=1S/C28H25F2N7O5/c1-42-27(40)16-3-2-4-20(11-16)36-24-21(12-17(29)13-31-24)26(39)37(28(36)41)19-7-5-18(6-8-19)32-25(38)22-14-34-15-35(30)10-9-23(34)33-22/h2-4,9-14,18-19H,5-8,15H2,1H3,(H,32,38)/q+1. The summed E-state index contributed by atoms with van der Waals surface area (Å²) in [5, 5.41) is 3.32. The van der Waals surface area contributed by atoms with Crippen LogP contribution in [0, 0.1) is 5.82 Å². The molecule has 1 aliphatic carbocycles. The number of ether oxygens (including phenoxy) is 1. The Morgan fingerprint density at radius 1 is 1.14 bits per heavy atom. The number of pyridine rings is 1. The van der Waals surface area contributed by atoms with E-state index in [0.29, 0.717) is 36.6 Å². The highest BCUT2D eigenvalue weighted by Crippen LogP contribution is 2.28. The van der Waals surface area contributed by atoms with Gasteiger partial charge in [0.2, 0.25) is 6.67 Å². The topological polar surface area (TPSA) is 134 Å². The van der Waals surface area contributed by atoms with Gasteiger partial charge in [-0.15, -0.1) is 0 Å². The van der Waals surface area contributed by atoms with Crippen molar-refractivity contribution in [2.75, 3.05) is 13.8 Å². The van der Waals surface area contributed by atoms with E-state index in [2.05, 4.69) is 15.3 Å². The number of aliphatic imine (C=N–C) groups is 1. The largest absolute Gasteiger partial charge is 0.465 e. The summed E-state index contributed by atoms with van der Waals surface area (Å²) >= 11 is 0. The molecule has 0 bridgehead atoms. The molecule has 4 heterocycles.